The maximum Gasteiger partial charge on any atom is 0.306 e. The molecule has 0 bridgehead atoms. The molecular weight excluding hydrogens is 280 g/mol. The van der Waals surface area contributed by atoms with Gasteiger partial charge in [-0.2, -0.15) is 0 Å². The molecule has 0 saturated heterocycles. The summed E-state index contributed by atoms with van der Waals surface area (Å²) in [6.45, 7) is 0.699. The van der Waals surface area contributed by atoms with Gasteiger partial charge in [-0.3, -0.25) is 9.59 Å². The fourth-order valence-electron chi connectivity index (χ4n) is 1.89. The standard InChI is InChI=1S/C18H18O4/c19-13-16-8-4-9-17(12-16)21-11-5-10-18(20)22-14-15-6-2-1-3-7-15/h1-4,6-9,12-13H,5,10-11,14H2. The summed E-state index contributed by atoms with van der Waals surface area (Å²) in [4.78, 5) is 22.3. The molecule has 0 saturated carbocycles. The Morgan fingerprint density at radius 3 is 2.64 bits per heavy atom. The van der Waals surface area contributed by atoms with E-state index in [1.807, 2.05) is 30.3 Å². The van der Waals surface area contributed by atoms with Crippen molar-refractivity contribution in [3.8, 4) is 5.75 Å². The Labute approximate surface area is 129 Å². The Balaban J connectivity index is 1.63. The molecule has 114 valence electrons. The van der Waals surface area contributed by atoms with Crippen molar-refractivity contribution in [1.82, 2.24) is 0 Å². The van der Waals surface area contributed by atoms with E-state index < -0.39 is 0 Å². The number of benzene rings is 2. The summed E-state index contributed by atoms with van der Waals surface area (Å²) in [5, 5.41) is 0. The van der Waals surface area contributed by atoms with Crippen LogP contribution in [0.4, 0.5) is 0 Å². The number of carbonyl (C=O) groups is 2. The van der Waals surface area contributed by atoms with Crippen molar-refractivity contribution in [1.29, 1.82) is 0 Å². The van der Waals surface area contributed by atoms with Crippen LogP contribution in [0.2, 0.25) is 0 Å². The van der Waals surface area contributed by atoms with Crippen LogP contribution in [0.25, 0.3) is 0 Å². The quantitative estimate of drug-likeness (QED) is 0.426. The van der Waals surface area contributed by atoms with Gasteiger partial charge in [-0.05, 0) is 24.1 Å². The van der Waals surface area contributed by atoms with Gasteiger partial charge in [0.25, 0.3) is 0 Å². The Bertz CT molecular complexity index is 607. The van der Waals surface area contributed by atoms with Crippen LogP contribution in [0.5, 0.6) is 5.75 Å². The van der Waals surface area contributed by atoms with Crippen LogP contribution in [-0.4, -0.2) is 18.9 Å². The number of hydrogen-bond donors (Lipinski definition) is 0. The third-order valence-electron chi connectivity index (χ3n) is 3.03. The molecule has 0 unspecified atom stereocenters. The third-order valence-corrected chi connectivity index (χ3v) is 3.03. The Hall–Kier alpha value is -2.62. The maximum atomic E-state index is 11.6. The van der Waals surface area contributed by atoms with E-state index in [0.29, 0.717) is 37.4 Å². The van der Waals surface area contributed by atoms with Crippen LogP contribution in [0.3, 0.4) is 0 Å². The van der Waals surface area contributed by atoms with Crippen molar-refractivity contribution in [2.45, 2.75) is 19.4 Å². The molecule has 0 aliphatic heterocycles. The van der Waals surface area contributed by atoms with Crippen molar-refractivity contribution in [3.05, 3.63) is 65.7 Å². The Morgan fingerprint density at radius 2 is 1.86 bits per heavy atom. The van der Waals surface area contributed by atoms with Crippen LogP contribution in [0, 0.1) is 0 Å². The lowest BCUT2D eigenvalue weighted by molar-refractivity contribution is -0.145. The molecule has 0 atom stereocenters. The molecule has 4 nitrogen and oxygen atoms in total. The zero-order valence-corrected chi connectivity index (χ0v) is 12.2. The molecule has 0 aromatic heterocycles. The predicted octanol–water partition coefficient (Wildman–Crippen LogP) is 3.40. The fraction of sp³-hybridized carbons (Fsp3) is 0.222. The van der Waals surface area contributed by atoms with Crippen molar-refractivity contribution in [2.24, 2.45) is 0 Å². The van der Waals surface area contributed by atoms with Crippen molar-refractivity contribution in [3.63, 3.8) is 0 Å². The minimum absolute atomic E-state index is 0.242. The minimum atomic E-state index is -0.242. The minimum Gasteiger partial charge on any atom is -0.494 e. The van der Waals surface area contributed by atoms with Crippen LogP contribution >= 0.6 is 0 Å². The molecule has 0 radical (unpaired) electrons. The fourth-order valence-corrected chi connectivity index (χ4v) is 1.89. The normalized spacial score (nSPS) is 10.0. The molecule has 0 heterocycles. The lowest BCUT2D eigenvalue weighted by Gasteiger charge is -2.07. The van der Waals surface area contributed by atoms with Gasteiger partial charge in [0.1, 0.15) is 18.6 Å². The van der Waals surface area contributed by atoms with Crippen LogP contribution in [0.1, 0.15) is 28.8 Å². The molecule has 2 aromatic carbocycles. The Kier molecular flexibility index (Phi) is 6.18. The average molecular weight is 298 g/mol. The second-order valence-electron chi connectivity index (χ2n) is 4.79. The van der Waals surface area contributed by atoms with Gasteiger partial charge >= 0.3 is 5.97 Å². The molecule has 0 aliphatic rings. The average Bonchev–Trinajstić information content (AvgIpc) is 2.58. The first kappa shape index (κ1) is 15.8. The van der Waals surface area contributed by atoms with Crippen molar-refractivity contribution >= 4 is 12.3 Å². The highest BCUT2D eigenvalue weighted by Gasteiger charge is 2.04. The van der Waals surface area contributed by atoms with Gasteiger partial charge in [0.2, 0.25) is 0 Å². The summed E-state index contributed by atoms with van der Waals surface area (Å²) in [6, 6.07) is 16.5. The van der Waals surface area contributed by atoms with Crippen molar-refractivity contribution < 1.29 is 19.1 Å². The summed E-state index contributed by atoms with van der Waals surface area (Å²) in [6.07, 6.45) is 1.65. The van der Waals surface area contributed by atoms with E-state index in [4.69, 9.17) is 9.47 Å². The van der Waals surface area contributed by atoms with Crippen LogP contribution in [-0.2, 0) is 16.1 Å². The first-order valence-corrected chi connectivity index (χ1v) is 7.15. The van der Waals surface area contributed by atoms with Gasteiger partial charge in [-0.1, -0.05) is 42.5 Å². The van der Waals surface area contributed by atoms with E-state index in [1.165, 1.54) is 0 Å². The molecule has 0 amide bonds. The molecule has 2 rings (SSSR count). The first-order valence-electron chi connectivity index (χ1n) is 7.15. The number of aldehydes is 1. The van der Waals surface area contributed by atoms with Crippen LogP contribution < -0.4 is 4.74 Å². The smallest absolute Gasteiger partial charge is 0.306 e. The number of hydrogen-bond acceptors (Lipinski definition) is 4. The van der Waals surface area contributed by atoms with Crippen LogP contribution in [0.15, 0.2) is 54.6 Å². The largest absolute Gasteiger partial charge is 0.494 e. The summed E-state index contributed by atoms with van der Waals surface area (Å²) in [5.74, 6) is 0.386. The molecule has 0 fully saturated rings. The van der Waals surface area contributed by atoms with Gasteiger partial charge in [0.05, 0.1) is 6.61 Å². The topological polar surface area (TPSA) is 52.6 Å². The van der Waals surface area contributed by atoms with E-state index in [9.17, 15) is 9.59 Å². The van der Waals surface area contributed by atoms with Crippen molar-refractivity contribution in [2.75, 3.05) is 6.61 Å². The molecule has 0 spiro atoms. The van der Waals surface area contributed by atoms with Gasteiger partial charge in [0.15, 0.2) is 0 Å². The summed E-state index contributed by atoms with van der Waals surface area (Å²) in [7, 11) is 0. The van der Waals surface area contributed by atoms with E-state index >= 15 is 0 Å². The van der Waals surface area contributed by atoms with E-state index in [2.05, 4.69) is 0 Å². The van der Waals surface area contributed by atoms with Gasteiger partial charge < -0.3 is 9.47 Å². The molecule has 4 heteroatoms. The molecule has 2 aromatic rings. The summed E-state index contributed by atoms with van der Waals surface area (Å²) < 4.78 is 10.7. The Morgan fingerprint density at radius 1 is 1.05 bits per heavy atom. The lowest BCUT2D eigenvalue weighted by atomic mass is 10.2. The predicted molar refractivity (Wildman–Crippen MR) is 82.8 cm³/mol. The van der Waals surface area contributed by atoms with E-state index in [-0.39, 0.29) is 5.97 Å². The highest BCUT2D eigenvalue weighted by molar-refractivity contribution is 5.75. The molecular formula is C18H18O4. The van der Waals surface area contributed by atoms with Gasteiger partial charge in [0, 0.05) is 12.0 Å². The lowest BCUT2D eigenvalue weighted by Crippen LogP contribution is -2.07. The first-order chi connectivity index (χ1) is 10.8. The zero-order valence-electron chi connectivity index (χ0n) is 12.2. The monoisotopic (exact) mass is 298 g/mol. The SMILES string of the molecule is O=Cc1cccc(OCCCC(=O)OCc2ccccc2)c1. The number of rotatable bonds is 8. The molecule has 0 aliphatic carbocycles. The highest BCUT2D eigenvalue weighted by Crippen LogP contribution is 2.12. The summed E-state index contributed by atoms with van der Waals surface area (Å²) >= 11 is 0. The summed E-state index contributed by atoms with van der Waals surface area (Å²) in [5.41, 5.74) is 1.54. The number of esters is 1. The van der Waals surface area contributed by atoms with E-state index in [1.54, 1.807) is 24.3 Å². The number of ether oxygens (including phenoxy) is 2. The molecule has 0 N–H and O–H groups in total. The number of carbonyl (C=O) groups excluding carboxylic acids is 2. The highest BCUT2D eigenvalue weighted by atomic mass is 16.5. The second-order valence-corrected chi connectivity index (χ2v) is 4.79. The second kappa shape index (κ2) is 8.62. The zero-order chi connectivity index (χ0) is 15.6. The van der Waals surface area contributed by atoms with Gasteiger partial charge in [-0.25, -0.2) is 0 Å². The van der Waals surface area contributed by atoms with Gasteiger partial charge in [-0.15, -0.1) is 0 Å². The maximum absolute atomic E-state index is 11.6. The molecule has 22 heavy (non-hydrogen) atoms. The van der Waals surface area contributed by atoms with E-state index in [0.717, 1.165) is 11.8 Å². The third kappa shape index (κ3) is 5.40.